The number of ether oxygens (including phenoxy) is 1. The molecule has 0 saturated carbocycles. The summed E-state index contributed by atoms with van der Waals surface area (Å²) in [5.41, 5.74) is 1.06. The third-order valence-corrected chi connectivity index (χ3v) is 2.51. The maximum absolute atomic E-state index is 11.7. The van der Waals surface area contributed by atoms with E-state index in [1.54, 1.807) is 6.92 Å². The molecule has 0 fully saturated rings. The van der Waals surface area contributed by atoms with Crippen molar-refractivity contribution in [3.63, 3.8) is 0 Å². The largest absolute Gasteiger partial charge is 0.480 e. The minimum Gasteiger partial charge on any atom is -0.480 e. The minimum absolute atomic E-state index is 0.169. The van der Waals surface area contributed by atoms with E-state index in [0.29, 0.717) is 6.42 Å². The van der Waals surface area contributed by atoms with E-state index in [4.69, 9.17) is 9.84 Å². The first kappa shape index (κ1) is 11.0. The molecule has 86 valence electrons. The molecule has 1 unspecified atom stereocenters. The summed E-state index contributed by atoms with van der Waals surface area (Å²) in [7, 11) is 0. The third-order valence-electron chi connectivity index (χ3n) is 2.51. The Hall–Kier alpha value is -1.55. The van der Waals surface area contributed by atoms with Crippen molar-refractivity contribution < 1.29 is 14.6 Å². The summed E-state index contributed by atoms with van der Waals surface area (Å²) in [5.74, 6) is 0.608. The van der Waals surface area contributed by atoms with Crippen molar-refractivity contribution >= 4 is 5.91 Å². The number of carbonyl (C=O) groups excluding carboxylic acids is 1. The maximum Gasteiger partial charge on any atom is 0.261 e. The molecule has 1 aromatic carbocycles. The van der Waals surface area contributed by atoms with E-state index >= 15 is 0 Å². The van der Waals surface area contributed by atoms with Gasteiger partial charge in [0, 0.05) is 13.0 Å². The summed E-state index contributed by atoms with van der Waals surface area (Å²) in [6.07, 6.45) is -0.397. The van der Waals surface area contributed by atoms with Crippen LogP contribution < -0.4 is 10.1 Å². The lowest BCUT2D eigenvalue weighted by Gasteiger charge is -2.12. The summed E-state index contributed by atoms with van der Waals surface area (Å²) in [4.78, 5) is 11.7. The van der Waals surface area contributed by atoms with E-state index in [-0.39, 0.29) is 12.5 Å². The summed E-state index contributed by atoms with van der Waals surface area (Å²) >= 11 is 0. The van der Waals surface area contributed by atoms with Crippen molar-refractivity contribution in [2.45, 2.75) is 25.6 Å². The molecule has 1 aliphatic rings. The molecule has 0 aromatic heterocycles. The number of amides is 1. The van der Waals surface area contributed by atoms with E-state index < -0.39 is 12.2 Å². The van der Waals surface area contributed by atoms with Gasteiger partial charge in [-0.3, -0.25) is 4.79 Å². The number of hydrogen-bond donors (Lipinski definition) is 2. The van der Waals surface area contributed by atoms with Gasteiger partial charge in [-0.05, 0) is 18.6 Å². The Kier molecular flexibility index (Phi) is 3.10. The lowest BCUT2D eigenvalue weighted by molar-refractivity contribution is -0.127. The molecule has 2 rings (SSSR count). The monoisotopic (exact) mass is 221 g/mol. The van der Waals surface area contributed by atoms with Crippen LogP contribution in [0.2, 0.25) is 0 Å². The molecule has 0 saturated heterocycles. The second-order valence-corrected chi connectivity index (χ2v) is 4.01. The van der Waals surface area contributed by atoms with Gasteiger partial charge in [0.05, 0.1) is 6.10 Å². The Labute approximate surface area is 94.2 Å². The number of fused-ring (bicyclic) bond motifs is 1. The number of hydrogen-bond acceptors (Lipinski definition) is 3. The first-order valence-electron chi connectivity index (χ1n) is 5.37. The topological polar surface area (TPSA) is 58.6 Å². The van der Waals surface area contributed by atoms with Crippen LogP contribution in [0.3, 0.4) is 0 Å². The molecule has 0 bridgehead atoms. The summed E-state index contributed by atoms with van der Waals surface area (Å²) in [6, 6.07) is 7.63. The van der Waals surface area contributed by atoms with Gasteiger partial charge in [-0.1, -0.05) is 18.2 Å². The molecule has 1 aromatic rings. The number of rotatable bonds is 3. The van der Waals surface area contributed by atoms with Crippen LogP contribution in [0.25, 0.3) is 0 Å². The second-order valence-electron chi connectivity index (χ2n) is 4.01. The molecular weight excluding hydrogens is 206 g/mol. The van der Waals surface area contributed by atoms with Gasteiger partial charge in [0.2, 0.25) is 0 Å². The van der Waals surface area contributed by atoms with Crippen LogP contribution in [0.4, 0.5) is 0 Å². The molecule has 2 N–H and O–H groups in total. The van der Waals surface area contributed by atoms with Gasteiger partial charge in [-0.2, -0.15) is 0 Å². The highest BCUT2D eigenvalue weighted by molar-refractivity contribution is 5.82. The van der Waals surface area contributed by atoms with E-state index in [1.165, 1.54) is 0 Å². The quantitative estimate of drug-likeness (QED) is 0.780. The highest BCUT2D eigenvalue weighted by Gasteiger charge is 2.28. The average molecular weight is 221 g/mol. The van der Waals surface area contributed by atoms with E-state index in [9.17, 15) is 4.79 Å². The summed E-state index contributed by atoms with van der Waals surface area (Å²) in [5, 5.41) is 11.7. The normalized spacial score (nSPS) is 19.8. The fraction of sp³-hybridized carbons (Fsp3) is 0.417. The van der Waals surface area contributed by atoms with Gasteiger partial charge in [0.1, 0.15) is 5.75 Å². The number of nitrogens with one attached hydrogen (secondary N) is 1. The average Bonchev–Trinajstić information content (AvgIpc) is 2.69. The molecule has 1 heterocycles. The van der Waals surface area contributed by atoms with Crippen molar-refractivity contribution in [2.75, 3.05) is 6.54 Å². The molecule has 16 heavy (non-hydrogen) atoms. The molecule has 4 heteroatoms. The van der Waals surface area contributed by atoms with Crippen molar-refractivity contribution in [1.29, 1.82) is 0 Å². The van der Waals surface area contributed by atoms with Crippen LogP contribution in [0.15, 0.2) is 24.3 Å². The summed E-state index contributed by atoms with van der Waals surface area (Å²) < 4.78 is 5.51. The first-order valence-corrected chi connectivity index (χ1v) is 5.37. The fourth-order valence-electron chi connectivity index (χ4n) is 1.69. The predicted octanol–water partition coefficient (Wildman–Crippen LogP) is 0.487. The minimum atomic E-state index is -0.535. The fourth-order valence-corrected chi connectivity index (χ4v) is 1.69. The van der Waals surface area contributed by atoms with Crippen LogP contribution in [0.1, 0.15) is 12.5 Å². The van der Waals surface area contributed by atoms with E-state index in [2.05, 4.69) is 5.32 Å². The molecule has 4 nitrogen and oxygen atoms in total. The zero-order valence-corrected chi connectivity index (χ0v) is 9.14. The lowest BCUT2D eigenvalue weighted by Crippen LogP contribution is -2.40. The van der Waals surface area contributed by atoms with Crippen molar-refractivity contribution in [3.05, 3.63) is 29.8 Å². The Balaban J connectivity index is 1.93. The van der Waals surface area contributed by atoms with Gasteiger partial charge in [-0.25, -0.2) is 0 Å². The highest BCUT2D eigenvalue weighted by Crippen LogP contribution is 2.27. The zero-order valence-electron chi connectivity index (χ0n) is 9.14. The van der Waals surface area contributed by atoms with E-state index in [1.807, 2.05) is 24.3 Å². The predicted molar refractivity (Wildman–Crippen MR) is 59.3 cm³/mol. The maximum atomic E-state index is 11.7. The number of benzene rings is 1. The van der Waals surface area contributed by atoms with Crippen LogP contribution in [-0.4, -0.2) is 29.8 Å². The highest BCUT2D eigenvalue weighted by atomic mass is 16.5. The van der Waals surface area contributed by atoms with E-state index in [0.717, 1.165) is 11.3 Å². The smallest absolute Gasteiger partial charge is 0.261 e. The van der Waals surface area contributed by atoms with Crippen LogP contribution in [0.5, 0.6) is 5.75 Å². The Bertz CT molecular complexity index is 365. The number of carbonyl (C=O) groups is 1. The zero-order chi connectivity index (χ0) is 11.5. The molecule has 0 aliphatic carbocycles. The number of aliphatic hydroxyl groups is 1. The number of para-hydroxylation sites is 1. The van der Waals surface area contributed by atoms with Crippen LogP contribution >= 0.6 is 0 Å². The van der Waals surface area contributed by atoms with Gasteiger partial charge in [0.25, 0.3) is 5.91 Å². The second kappa shape index (κ2) is 4.53. The molecule has 0 radical (unpaired) electrons. The Morgan fingerprint density at radius 2 is 2.38 bits per heavy atom. The number of aliphatic hydroxyl groups excluding tert-OH is 1. The van der Waals surface area contributed by atoms with Crippen molar-refractivity contribution in [1.82, 2.24) is 5.32 Å². The Morgan fingerprint density at radius 1 is 1.62 bits per heavy atom. The molecule has 2 atom stereocenters. The van der Waals surface area contributed by atoms with Gasteiger partial charge in [0.15, 0.2) is 6.10 Å². The first-order chi connectivity index (χ1) is 7.66. The molecule has 1 aliphatic heterocycles. The lowest BCUT2D eigenvalue weighted by atomic mass is 10.1. The van der Waals surface area contributed by atoms with Crippen LogP contribution in [0, 0.1) is 0 Å². The SMILES string of the molecule is C[C@H](O)CNC(=O)C1Cc2ccccc2O1. The third kappa shape index (κ3) is 2.33. The molecule has 1 amide bonds. The molecular formula is C12H15NO3. The standard InChI is InChI=1S/C12H15NO3/c1-8(14)7-13-12(15)11-6-9-4-2-3-5-10(9)16-11/h2-5,8,11,14H,6-7H2,1H3,(H,13,15)/t8-,11?/m0/s1. The summed E-state index contributed by atoms with van der Waals surface area (Å²) in [6.45, 7) is 1.89. The Morgan fingerprint density at radius 3 is 3.06 bits per heavy atom. The van der Waals surface area contributed by atoms with Gasteiger partial charge in [-0.15, -0.1) is 0 Å². The van der Waals surface area contributed by atoms with Crippen molar-refractivity contribution in [3.8, 4) is 5.75 Å². The van der Waals surface area contributed by atoms with Crippen LogP contribution in [-0.2, 0) is 11.2 Å². The van der Waals surface area contributed by atoms with Gasteiger partial charge >= 0.3 is 0 Å². The van der Waals surface area contributed by atoms with Gasteiger partial charge < -0.3 is 15.2 Å². The molecule has 0 spiro atoms. The van der Waals surface area contributed by atoms with Crippen molar-refractivity contribution in [2.24, 2.45) is 0 Å².